The fraction of sp³-hybridized carbons (Fsp3) is 0.333. The van der Waals surface area contributed by atoms with Crippen LogP contribution < -0.4 is 5.32 Å². The van der Waals surface area contributed by atoms with Crippen molar-refractivity contribution in [3.05, 3.63) is 56.4 Å². The molecule has 0 saturated heterocycles. The minimum atomic E-state index is -0.211. The first-order valence-electron chi connectivity index (χ1n) is 6.41. The zero-order valence-electron chi connectivity index (χ0n) is 10.8. The second kappa shape index (κ2) is 7.17. The summed E-state index contributed by atoms with van der Waals surface area (Å²) in [6.07, 6.45) is 2.07. The molecular formula is C15H17BrFNS. The smallest absolute Gasteiger partial charge is 0.137 e. The van der Waals surface area contributed by atoms with Crippen LogP contribution in [-0.2, 0) is 6.42 Å². The Kier molecular flexibility index (Phi) is 5.55. The number of hydrogen-bond acceptors (Lipinski definition) is 2. The molecule has 0 spiro atoms. The van der Waals surface area contributed by atoms with Gasteiger partial charge in [-0.05, 0) is 64.5 Å². The molecule has 1 aromatic carbocycles. The summed E-state index contributed by atoms with van der Waals surface area (Å²) in [5, 5.41) is 5.57. The third-order valence-corrected chi connectivity index (χ3v) is 4.60. The summed E-state index contributed by atoms with van der Waals surface area (Å²) in [5.41, 5.74) is 1.13. The van der Waals surface area contributed by atoms with Crippen molar-refractivity contribution < 1.29 is 4.39 Å². The summed E-state index contributed by atoms with van der Waals surface area (Å²) in [6.45, 7) is 3.00. The topological polar surface area (TPSA) is 12.0 Å². The molecule has 0 aliphatic carbocycles. The molecule has 1 aromatic heterocycles. The molecule has 1 N–H and O–H groups in total. The monoisotopic (exact) mass is 341 g/mol. The predicted octanol–water partition coefficient (Wildman–Crippen LogP) is 4.93. The van der Waals surface area contributed by atoms with Crippen LogP contribution in [0, 0.1) is 5.82 Å². The molecule has 102 valence electrons. The van der Waals surface area contributed by atoms with E-state index in [0.29, 0.717) is 4.47 Å². The van der Waals surface area contributed by atoms with Crippen molar-refractivity contribution in [3.63, 3.8) is 0 Å². The molecule has 0 amide bonds. The normalized spacial score (nSPS) is 12.6. The average molecular weight is 342 g/mol. The fourth-order valence-electron chi connectivity index (χ4n) is 2.10. The predicted molar refractivity (Wildman–Crippen MR) is 83.2 cm³/mol. The Morgan fingerprint density at radius 3 is 2.84 bits per heavy atom. The highest BCUT2D eigenvalue weighted by Crippen LogP contribution is 2.25. The van der Waals surface area contributed by atoms with Crippen molar-refractivity contribution in [2.24, 2.45) is 0 Å². The Labute approximate surface area is 126 Å². The largest absolute Gasteiger partial charge is 0.310 e. The average Bonchev–Trinajstić information content (AvgIpc) is 2.91. The summed E-state index contributed by atoms with van der Waals surface area (Å²) in [5.74, 6) is -0.211. The molecule has 1 atom stereocenters. The quantitative estimate of drug-likeness (QED) is 0.785. The molecule has 1 nitrogen and oxygen atoms in total. The van der Waals surface area contributed by atoms with E-state index in [9.17, 15) is 4.39 Å². The molecule has 2 rings (SSSR count). The number of aryl methyl sites for hydroxylation is 1. The molecule has 0 bridgehead atoms. The van der Waals surface area contributed by atoms with Gasteiger partial charge in [0.1, 0.15) is 5.82 Å². The lowest BCUT2D eigenvalue weighted by atomic mass is 10.0. The number of rotatable bonds is 6. The van der Waals surface area contributed by atoms with Crippen LogP contribution in [0.1, 0.15) is 29.8 Å². The molecule has 0 aliphatic heterocycles. The molecule has 4 heteroatoms. The van der Waals surface area contributed by atoms with Gasteiger partial charge in [0, 0.05) is 10.9 Å². The number of nitrogens with one attached hydrogen (secondary N) is 1. The van der Waals surface area contributed by atoms with Crippen LogP contribution >= 0.6 is 27.3 Å². The van der Waals surface area contributed by atoms with Crippen LogP contribution in [0.15, 0.2) is 40.2 Å². The van der Waals surface area contributed by atoms with Gasteiger partial charge >= 0.3 is 0 Å². The first kappa shape index (κ1) is 14.7. The SMILES string of the molecule is CCNC(CCc1cccs1)c1ccc(F)c(Br)c1. The molecule has 0 radical (unpaired) electrons. The van der Waals surface area contributed by atoms with Crippen molar-refractivity contribution in [1.82, 2.24) is 5.32 Å². The molecule has 19 heavy (non-hydrogen) atoms. The lowest BCUT2D eigenvalue weighted by molar-refractivity contribution is 0.515. The highest BCUT2D eigenvalue weighted by molar-refractivity contribution is 9.10. The molecule has 0 saturated carbocycles. The van der Waals surface area contributed by atoms with E-state index in [4.69, 9.17) is 0 Å². The summed E-state index contributed by atoms with van der Waals surface area (Å²) in [6, 6.07) is 9.77. The van der Waals surface area contributed by atoms with E-state index in [0.717, 1.165) is 24.9 Å². The zero-order valence-corrected chi connectivity index (χ0v) is 13.2. The number of halogens is 2. The first-order valence-corrected chi connectivity index (χ1v) is 8.08. The summed E-state index contributed by atoms with van der Waals surface area (Å²) >= 11 is 5.04. The molecule has 1 unspecified atom stereocenters. The maximum atomic E-state index is 13.3. The molecular weight excluding hydrogens is 325 g/mol. The number of hydrogen-bond donors (Lipinski definition) is 1. The lowest BCUT2D eigenvalue weighted by Gasteiger charge is -2.18. The van der Waals surface area contributed by atoms with Crippen molar-refractivity contribution >= 4 is 27.3 Å². The van der Waals surface area contributed by atoms with E-state index in [-0.39, 0.29) is 11.9 Å². The number of benzene rings is 1. The summed E-state index contributed by atoms with van der Waals surface area (Å²) < 4.78 is 13.8. The Morgan fingerprint density at radius 1 is 1.37 bits per heavy atom. The zero-order chi connectivity index (χ0) is 13.7. The van der Waals surface area contributed by atoms with Crippen molar-refractivity contribution in [1.29, 1.82) is 0 Å². The van der Waals surface area contributed by atoms with Crippen molar-refractivity contribution in [2.45, 2.75) is 25.8 Å². The van der Waals surface area contributed by atoms with Crippen LogP contribution in [0.4, 0.5) is 4.39 Å². The van der Waals surface area contributed by atoms with Gasteiger partial charge in [0.15, 0.2) is 0 Å². The van der Waals surface area contributed by atoms with Crippen LogP contribution in [0.25, 0.3) is 0 Å². The summed E-state index contributed by atoms with van der Waals surface area (Å²) in [7, 11) is 0. The van der Waals surface area contributed by atoms with Gasteiger partial charge < -0.3 is 5.32 Å². The van der Waals surface area contributed by atoms with Gasteiger partial charge in [-0.1, -0.05) is 19.1 Å². The molecule has 0 fully saturated rings. The maximum Gasteiger partial charge on any atom is 0.137 e. The van der Waals surface area contributed by atoms with Gasteiger partial charge in [-0.3, -0.25) is 0 Å². The van der Waals surface area contributed by atoms with Crippen LogP contribution in [0.3, 0.4) is 0 Å². The minimum Gasteiger partial charge on any atom is -0.310 e. The molecule has 1 heterocycles. The van der Waals surface area contributed by atoms with Gasteiger partial charge in [-0.15, -0.1) is 11.3 Å². The Hall–Kier alpha value is -0.710. The Balaban J connectivity index is 2.07. The first-order chi connectivity index (χ1) is 9.20. The van der Waals surface area contributed by atoms with Crippen LogP contribution in [0.5, 0.6) is 0 Å². The second-order valence-corrected chi connectivity index (χ2v) is 6.29. The Morgan fingerprint density at radius 2 is 2.21 bits per heavy atom. The molecule has 2 aromatic rings. The van der Waals surface area contributed by atoms with E-state index >= 15 is 0 Å². The highest BCUT2D eigenvalue weighted by atomic mass is 79.9. The van der Waals surface area contributed by atoms with E-state index in [1.54, 1.807) is 11.3 Å². The van der Waals surface area contributed by atoms with Gasteiger partial charge in [0.2, 0.25) is 0 Å². The van der Waals surface area contributed by atoms with E-state index < -0.39 is 0 Å². The van der Waals surface area contributed by atoms with Gasteiger partial charge in [0.05, 0.1) is 4.47 Å². The van der Waals surface area contributed by atoms with Gasteiger partial charge in [-0.2, -0.15) is 0 Å². The van der Waals surface area contributed by atoms with Gasteiger partial charge in [-0.25, -0.2) is 4.39 Å². The standard InChI is InChI=1S/C15H17BrFNS/c1-2-18-15(8-6-12-4-3-9-19-12)11-5-7-14(17)13(16)10-11/h3-5,7,9-10,15,18H,2,6,8H2,1H3. The Bertz CT molecular complexity index is 513. The van der Waals surface area contributed by atoms with E-state index in [1.165, 1.54) is 10.9 Å². The fourth-order valence-corrected chi connectivity index (χ4v) is 3.22. The third kappa shape index (κ3) is 4.13. The van der Waals surface area contributed by atoms with Crippen LogP contribution in [-0.4, -0.2) is 6.54 Å². The lowest BCUT2D eigenvalue weighted by Crippen LogP contribution is -2.21. The maximum absolute atomic E-state index is 13.3. The molecule has 0 aliphatic rings. The van der Waals surface area contributed by atoms with Crippen LogP contribution in [0.2, 0.25) is 0 Å². The summed E-state index contributed by atoms with van der Waals surface area (Å²) in [4.78, 5) is 1.39. The minimum absolute atomic E-state index is 0.211. The van der Waals surface area contributed by atoms with Crippen molar-refractivity contribution in [3.8, 4) is 0 Å². The number of thiophene rings is 1. The second-order valence-electron chi connectivity index (χ2n) is 4.40. The van der Waals surface area contributed by atoms with E-state index in [1.807, 2.05) is 12.1 Å². The van der Waals surface area contributed by atoms with E-state index in [2.05, 4.69) is 45.7 Å². The van der Waals surface area contributed by atoms with Crippen molar-refractivity contribution in [2.75, 3.05) is 6.54 Å². The highest BCUT2D eigenvalue weighted by Gasteiger charge is 2.12. The van der Waals surface area contributed by atoms with Gasteiger partial charge in [0.25, 0.3) is 0 Å². The third-order valence-electron chi connectivity index (χ3n) is 3.06.